The molecule has 0 spiro atoms. The standard InChI is InChI=1S/C23H22N2O2S/c1-16-9-11-18(12-10-16)15-24-23(27)21(14-19-7-5-13-28-19)25-22(26)20-8-4-3-6-17(20)2/h3-14H,15H2,1-2H3,(H,24,27)(H,25,26)/b21-14-. The summed E-state index contributed by atoms with van der Waals surface area (Å²) in [5.41, 5.74) is 3.79. The lowest BCUT2D eigenvalue weighted by molar-refractivity contribution is -0.117. The minimum atomic E-state index is -0.323. The van der Waals surface area contributed by atoms with Crippen LogP contribution in [-0.4, -0.2) is 11.8 Å². The Kier molecular flexibility index (Phi) is 6.40. The Morgan fingerprint density at radius 3 is 2.39 bits per heavy atom. The molecule has 2 N–H and O–H groups in total. The molecule has 0 bridgehead atoms. The second-order valence-corrected chi connectivity index (χ2v) is 7.49. The Morgan fingerprint density at radius 1 is 0.964 bits per heavy atom. The molecule has 4 nitrogen and oxygen atoms in total. The van der Waals surface area contributed by atoms with Crippen LogP contribution in [-0.2, 0) is 11.3 Å². The van der Waals surface area contributed by atoms with E-state index in [4.69, 9.17) is 0 Å². The maximum Gasteiger partial charge on any atom is 0.268 e. The van der Waals surface area contributed by atoms with Gasteiger partial charge in [-0.1, -0.05) is 54.1 Å². The van der Waals surface area contributed by atoms with E-state index in [1.807, 2.05) is 73.8 Å². The van der Waals surface area contributed by atoms with Crippen LogP contribution in [0.25, 0.3) is 6.08 Å². The van der Waals surface area contributed by atoms with Crippen LogP contribution in [0.4, 0.5) is 0 Å². The van der Waals surface area contributed by atoms with Crippen molar-refractivity contribution in [1.29, 1.82) is 0 Å². The Balaban J connectivity index is 1.77. The predicted octanol–water partition coefficient (Wildman–Crippen LogP) is 4.45. The molecule has 5 heteroatoms. The third-order valence-corrected chi connectivity index (χ3v) is 5.11. The fraction of sp³-hybridized carbons (Fsp3) is 0.130. The van der Waals surface area contributed by atoms with E-state index in [2.05, 4.69) is 10.6 Å². The molecule has 1 aromatic heterocycles. The van der Waals surface area contributed by atoms with Crippen molar-refractivity contribution >= 4 is 29.2 Å². The van der Waals surface area contributed by atoms with Crippen molar-refractivity contribution in [3.8, 4) is 0 Å². The number of amides is 2. The summed E-state index contributed by atoms with van der Waals surface area (Å²) in [5.74, 6) is -0.623. The van der Waals surface area contributed by atoms with Crippen LogP contribution >= 0.6 is 11.3 Å². The average molecular weight is 391 g/mol. The molecule has 3 rings (SSSR count). The number of aryl methyl sites for hydroxylation is 2. The van der Waals surface area contributed by atoms with Gasteiger partial charge in [0.15, 0.2) is 0 Å². The normalized spacial score (nSPS) is 11.1. The zero-order chi connectivity index (χ0) is 19.9. The molecule has 28 heavy (non-hydrogen) atoms. The first-order chi connectivity index (χ1) is 13.5. The minimum Gasteiger partial charge on any atom is -0.347 e. The lowest BCUT2D eigenvalue weighted by atomic mass is 10.1. The van der Waals surface area contributed by atoms with E-state index in [-0.39, 0.29) is 17.5 Å². The number of hydrogen-bond donors (Lipinski definition) is 2. The number of carbonyl (C=O) groups excluding carboxylic acids is 2. The molecule has 1 heterocycles. The summed E-state index contributed by atoms with van der Waals surface area (Å²) in [5, 5.41) is 7.59. The SMILES string of the molecule is Cc1ccc(CNC(=O)/C(=C/c2cccs2)NC(=O)c2ccccc2C)cc1. The highest BCUT2D eigenvalue weighted by atomic mass is 32.1. The highest BCUT2D eigenvalue weighted by Crippen LogP contribution is 2.14. The van der Waals surface area contributed by atoms with Crippen molar-refractivity contribution in [3.05, 3.63) is 98.9 Å². The number of nitrogens with one attached hydrogen (secondary N) is 2. The van der Waals surface area contributed by atoms with Crippen LogP contribution in [0.15, 0.2) is 71.7 Å². The minimum absolute atomic E-state index is 0.225. The lowest BCUT2D eigenvalue weighted by Crippen LogP contribution is -2.34. The van der Waals surface area contributed by atoms with Gasteiger partial charge in [0.25, 0.3) is 11.8 Å². The molecular weight excluding hydrogens is 368 g/mol. The maximum atomic E-state index is 12.8. The Hall–Kier alpha value is -3.18. The monoisotopic (exact) mass is 390 g/mol. The Bertz CT molecular complexity index is 990. The molecule has 0 unspecified atom stereocenters. The largest absolute Gasteiger partial charge is 0.347 e. The zero-order valence-electron chi connectivity index (χ0n) is 15.9. The molecule has 0 radical (unpaired) electrons. The maximum absolute atomic E-state index is 12.8. The van der Waals surface area contributed by atoms with Crippen molar-refractivity contribution in [2.45, 2.75) is 20.4 Å². The van der Waals surface area contributed by atoms with Crippen LogP contribution in [0, 0.1) is 13.8 Å². The topological polar surface area (TPSA) is 58.2 Å². The molecule has 0 saturated heterocycles. The van der Waals surface area contributed by atoms with Gasteiger partial charge in [0, 0.05) is 17.0 Å². The number of hydrogen-bond acceptors (Lipinski definition) is 3. The summed E-state index contributed by atoms with van der Waals surface area (Å²) in [6.07, 6.45) is 1.70. The van der Waals surface area contributed by atoms with Crippen LogP contribution in [0.2, 0.25) is 0 Å². The highest BCUT2D eigenvalue weighted by Gasteiger charge is 2.16. The summed E-state index contributed by atoms with van der Waals surface area (Å²) in [7, 11) is 0. The van der Waals surface area contributed by atoms with E-state index >= 15 is 0 Å². The molecule has 0 aliphatic heterocycles. The molecule has 0 fully saturated rings. The summed E-state index contributed by atoms with van der Waals surface area (Å²) in [4.78, 5) is 26.4. The highest BCUT2D eigenvalue weighted by molar-refractivity contribution is 7.10. The molecule has 0 aliphatic rings. The first kappa shape index (κ1) is 19.6. The van der Waals surface area contributed by atoms with Crippen LogP contribution in [0.3, 0.4) is 0 Å². The fourth-order valence-electron chi connectivity index (χ4n) is 2.67. The first-order valence-electron chi connectivity index (χ1n) is 8.99. The summed E-state index contributed by atoms with van der Waals surface area (Å²) < 4.78 is 0. The van der Waals surface area contributed by atoms with E-state index < -0.39 is 0 Å². The van der Waals surface area contributed by atoms with E-state index in [9.17, 15) is 9.59 Å². The van der Waals surface area contributed by atoms with Gasteiger partial charge in [0.1, 0.15) is 5.70 Å². The smallest absolute Gasteiger partial charge is 0.268 e. The van der Waals surface area contributed by atoms with Crippen molar-refractivity contribution in [2.75, 3.05) is 0 Å². The third-order valence-electron chi connectivity index (χ3n) is 4.29. The van der Waals surface area contributed by atoms with Crippen LogP contribution in [0.5, 0.6) is 0 Å². The van der Waals surface area contributed by atoms with Gasteiger partial charge in [-0.05, 0) is 48.6 Å². The van der Waals surface area contributed by atoms with Crippen LogP contribution < -0.4 is 10.6 Å². The second-order valence-electron chi connectivity index (χ2n) is 6.51. The number of benzene rings is 2. The van der Waals surface area contributed by atoms with Gasteiger partial charge >= 0.3 is 0 Å². The molecule has 3 aromatic rings. The van der Waals surface area contributed by atoms with Gasteiger partial charge in [-0.15, -0.1) is 11.3 Å². The first-order valence-corrected chi connectivity index (χ1v) is 9.87. The average Bonchev–Trinajstić information content (AvgIpc) is 3.20. The summed E-state index contributed by atoms with van der Waals surface area (Å²) in [6.45, 7) is 4.28. The zero-order valence-corrected chi connectivity index (χ0v) is 16.7. The molecule has 2 amide bonds. The summed E-state index contributed by atoms with van der Waals surface area (Å²) >= 11 is 1.50. The lowest BCUT2D eigenvalue weighted by Gasteiger charge is -2.12. The van der Waals surface area contributed by atoms with Gasteiger partial charge in [-0.3, -0.25) is 9.59 Å². The van der Waals surface area contributed by atoms with Gasteiger partial charge in [-0.2, -0.15) is 0 Å². The summed E-state index contributed by atoms with van der Waals surface area (Å²) in [6, 6.07) is 19.1. The fourth-order valence-corrected chi connectivity index (χ4v) is 3.33. The van der Waals surface area contributed by atoms with Gasteiger partial charge in [-0.25, -0.2) is 0 Å². The number of thiophene rings is 1. The van der Waals surface area contributed by atoms with E-state index in [1.165, 1.54) is 16.9 Å². The van der Waals surface area contributed by atoms with E-state index in [0.717, 1.165) is 16.0 Å². The Labute approximate surface area is 168 Å². The van der Waals surface area contributed by atoms with Crippen molar-refractivity contribution < 1.29 is 9.59 Å². The van der Waals surface area contributed by atoms with Gasteiger partial charge < -0.3 is 10.6 Å². The quantitative estimate of drug-likeness (QED) is 0.611. The van der Waals surface area contributed by atoms with Crippen molar-refractivity contribution in [2.24, 2.45) is 0 Å². The molecule has 0 aliphatic carbocycles. The molecule has 0 saturated carbocycles. The van der Waals surface area contributed by atoms with Crippen molar-refractivity contribution in [1.82, 2.24) is 10.6 Å². The molecule has 2 aromatic carbocycles. The molecular formula is C23H22N2O2S. The third kappa shape index (κ3) is 5.18. The molecule has 0 atom stereocenters. The van der Waals surface area contributed by atoms with Gasteiger partial charge in [0.05, 0.1) is 0 Å². The second kappa shape index (κ2) is 9.15. The number of carbonyl (C=O) groups is 2. The Morgan fingerprint density at radius 2 is 1.71 bits per heavy atom. The predicted molar refractivity (Wildman–Crippen MR) is 114 cm³/mol. The molecule has 142 valence electrons. The van der Waals surface area contributed by atoms with Crippen molar-refractivity contribution in [3.63, 3.8) is 0 Å². The van der Waals surface area contributed by atoms with Crippen LogP contribution in [0.1, 0.15) is 31.9 Å². The van der Waals surface area contributed by atoms with E-state index in [0.29, 0.717) is 12.1 Å². The number of rotatable bonds is 6. The van der Waals surface area contributed by atoms with E-state index in [1.54, 1.807) is 12.1 Å². The van der Waals surface area contributed by atoms with Gasteiger partial charge in [0.2, 0.25) is 0 Å².